The second-order valence-corrected chi connectivity index (χ2v) is 7.49. The van der Waals surface area contributed by atoms with E-state index in [1.54, 1.807) is 6.20 Å². The summed E-state index contributed by atoms with van der Waals surface area (Å²) in [6, 6.07) is 0. The van der Waals surface area contributed by atoms with Crippen LogP contribution in [0.3, 0.4) is 0 Å². The fourth-order valence-electron chi connectivity index (χ4n) is 0.786. The van der Waals surface area contributed by atoms with Gasteiger partial charge in [-0.25, -0.2) is 14.0 Å². The minimum absolute atomic E-state index is 0.0202. The highest BCUT2D eigenvalue weighted by atomic mass is 32.2. The van der Waals surface area contributed by atoms with Crippen LogP contribution in [0.4, 0.5) is 0 Å². The number of hydrogen-bond acceptors (Lipinski definition) is 4. The summed E-state index contributed by atoms with van der Waals surface area (Å²) in [5.41, 5.74) is -0.0202. The third kappa shape index (κ3) is 2.51. The molecule has 1 aromatic heterocycles. The highest BCUT2D eigenvalue weighted by Crippen LogP contribution is 2.28. The molecule has 5 heteroatoms. The molecule has 0 saturated carbocycles. The van der Waals surface area contributed by atoms with Crippen LogP contribution < -0.4 is 0 Å². The first kappa shape index (κ1) is 10.7. The minimum atomic E-state index is -2.59. The molecule has 0 spiro atoms. The Kier molecular flexibility index (Phi) is 2.51. The van der Waals surface area contributed by atoms with Crippen LogP contribution in [0.1, 0.15) is 25.8 Å². The molecule has 13 heavy (non-hydrogen) atoms. The summed E-state index contributed by atoms with van der Waals surface area (Å²) in [7, 11) is -2.59. The maximum atomic E-state index is 11.4. The molecule has 0 bridgehead atoms. The molecule has 0 aromatic carbocycles. The number of aromatic nitrogens is 1. The van der Waals surface area contributed by atoms with Gasteiger partial charge in [0.15, 0.2) is 0 Å². The number of rotatable bonds is 1. The van der Waals surface area contributed by atoms with E-state index in [1.165, 1.54) is 17.6 Å². The van der Waals surface area contributed by atoms with E-state index in [4.69, 9.17) is 4.78 Å². The summed E-state index contributed by atoms with van der Waals surface area (Å²) in [5, 5.41) is 0.935. The van der Waals surface area contributed by atoms with E-state index in [0.29, 0.717) is 4.21 Å². The van der Waals surface area contributed by atoms with Crippen molar-refractivity contribution in [2.24, 2.45) is 0 Å². The van der Waals surface area contributed by atoms with Gasteiger partial charge in [0.25, 0.3) is 0 Å². The molecule has 1 heterocycles. The van der Waals surface area contributed by atoms with Gasteiger partial charge in [0.2, 0.25) is 0 Å². The van der Waals surface area contributed by atoms with E-state index in [-0.39, 0.29) is 5.41 Å². The molecule has 1 unspecified atom stereocenters. The molecule has 0 aliphatic heterocycles. The van der Waals surface area contributed by atoms with Gasteiger partial charge in [-0.2, -0.15) is 0 Å². The van der Waals surface area contributed by atoms with Crippen molar-refractivity contribution in [2.45, 2.75) is 30.4 Å². The van der Waals surface area contributed by atoms with Crippen LogP contribution in [0.25, 0.3) is 0 Å². The lowest BCUT2D eigenvalue weighted by atomic mass is 9.98. The van der Waals surface area contributed by atoms with E-state index in [1.807, 2.05) is 0 Å². The predicted molar refractivity (Wildman–Crippen MR) is 55.9 cm³/mol. The monoisotopic (exact) mass is 218 g/mol. The zero-order chi connectivity index (χ0) is 10.3. The van der Waals surface area contributed by atoms with Crippen molar-refractivity contribution in [3.8, 4) is 0 Å². The number of hydrogen-bond donors (Lipinski definition) is 1. The van der Waals surface area contributed by atoms with E-state index in [9.17, 15) is 4.21 Å². The fraction of sp³-hybridized carbons (Fsp3) is 0.625. The van der Waals surface area contributed by atoms with Crippen LogP contribution in [0, 0.1) is 4.78 Å². The lowest BCUT2D eigenvalue weighted by Gasteiger charge is -2.13. The first-order valence-corrected chi connectivity index (χ1v) is 6.69. The van der Waals surface area contributed by atoms with Gasteiger partial charge in [-0.3, -0.25) is 0 Å². The molecular weight excluding hydrogens is 204 g/mol. The van der Waals surface area contributed by atoms with Crippen LogP contribution >= 0.6 is 11.3 Å². The topological polar surface area (TPSA) is 53.8 Å². The van der Waals surface area contributed by atoms with Gasteiger partial charge >= 0.3 is 0 Å². The number of nitrogens with zero attached hydrogens (tertiary/aromatic N) is 1. The van der Waals surface area contributed by atoms with Crippen LogP contribution in [0.5, 0.6) is 0 Å². The van der Waals surface area contributed by atoms with Crippen molar-refractivity contribution in [1.82, 2.24) is 4.98 Å². The van der Waals surface area contributed by atoms with E-state index >= 15 is 0 Å². The van der Waals surface area contributed by atoms with Gasteiger partial charge < -0.3 is 0 Å². The largest absolute Gasteiger partial charge is 0.248 e. The molecule has 1 rings (SSSR count). The second kappa shape index (κ2) is 3.06. The molecule has 1 atom stereocenters. The van der Waals surface area contributed by atoms with Crippen molar-refractivity contribution >= 4 is 21.1 Å². The van der Waals surface area contributed by atoms with Crippen LogP contribution in [0.2, 0.25) is 0 Å². The molecule has 0 radical (unpaired) electrons. The average molecular weight is 218 g/mol. The van der Waals surface area contributed by atoms with Gasteiger partial charge in [0.05, 0.1) is 20.9 Å². The number of nitrogens with one attached hydrogen (secondary N) is 1. The van der Waals surface area contributed by atoms with Crippen LogP contribution in [-0.2, 0) is 15.1 Å². The lowest BCUT2D eigenvalue weighted by molar-refractivity contribution is 0.585. The van der Waals surface area contributed by atoms with Crippen LogP contribution in [0.15, 0.2) is 10.4 Å². The van der Waals surface area contributed by atoms with Crippen molar-refractivity contribution in [1.29, 1.82) is 4.78 Å². The molecule has 1 N–H and O–H groups in total. The van der Waals surface area contributed by atoms with E-state index in [2.05, 4.69) is 25.8 Å². The van der Waals surface area contributed by atoms with Crippen LogP contribution in [-0.4, -0.2) is 15.4 Å². The minimum Gasteiger partial charge on any atom is -0.248 e. The smallest absolute Gasteiger partial charge is 0.119 e. The first-order chi connectivity index (χ1) is 5.71. The summed E-state index contributed by atoms with van der Waals surface area (Å²) in [6.45, 7) is 6.16. The highest BCUT2D eigenvalue weighted by Gasteiger charge is 2.19. The third-order valence-electron chi connectivity index (χ3n) is 1.51. The molecule has 1 aromatic rings. The molecule has 0 saturated heterocycles. The first-order valence-electron chi connectivity index (χ1n) is 3.91. The van der Waals surface area contributed by atoms with Crippen molar-refractivity contribution in [3.05, 3.63) is 11.2 Å². The Hall–Kier alpha value is -0.420. The molecule has 0 aliphatic carbocycles. The predicted octanol–water partition coefficient (Wildman–Crippen LogP) is 2.48. The SMILES string of the molecule is CC(C)(C)c1ncc(S(C)(=N)=O)s1. The quantitative estimate of drug-likeness (QED) is 0.787. The molecule has 0 aliphatic rings. The van der Waals surface area contributed by atoms with Gasteiger partial charge in [-0.1, -0.05) is 20.8 Å². The Morgan fingerprint density at radius 1 is 1.54 bits per heavy atom. The van der Waals surface area contributed by atoms with Gasteiger partial charge in [0.1, 0.15) is 4.21 Å². The maximum absolute atomic E-state index is 11.4. The molecule has 0 amide bonds. The van der Waals surface area contributed by atoms with Crippen molar-refractivity contribution in [2.75, 3.05) is 6.26 Å². The summed E-state index contributed by atoms with van der Waals surface area (Å²) in [4.78, 5) is 4.17. The zero-order valence-corrected chi connectivity index (χ0v) is 9.88. The second-order valence-electron chi connectivity index (χ2n) is 4.08. The highest BCUT2D eigenvalue weighted by molar-refractivity contribution is 7.93. The summed E-state index contributed by atoms with van der Waals surface area (Å²) >= 11 is 1.37. The van der Waals surface area contributed by atoms with Gasteiger partial charge in [-0.15, -0.1) is 11.3 Å². The Morgan fingerprint density at radius 2 is 2.08 bits per heavy atom. The number of thiazole rings is 1. The van der Waals surface area contributed by atoms with E-state index in [0.717, 1.165) is 5.01 Å². The Labute approximate surface area is 83.2 Å². The Morgan fingerprint density at radius 3 is 2.31 bits per heavy atom. The molecule has 3 nitrogen and oxygen atoms in total. The molecule has 0 fully saturated rings. The standard InChI is InChI=1S/C8H14N2OS2/c1-8(2,3)7-10-5-6(12-7)13(4,9)11/h5,9H,1-4H3. The fourth-order valence-corrected chi connectivity index (χ4v) is 2.62. The van der Waals surface area contributed by atoms with Crippen molar-refractivity contribution < 1.29 is 4.21 Å². The average Bonchev–Trinajstić information content (AvgIpc) is 2.28. The molecular formula is C8H14N2OS2. The maximum Gasteiger partial charge on any atom is 0.119 e. The molecule has 74 valence electrons. The van der Waals surface area contributed by atoms with E-state index < -0.39 is 9.73 Å². The summed E-state index contributed by atoms with van der Waals surface area (Å²) in [5.74, 6) is 0. The zero-order valence-electron chi connectivity index (χ0n) is 8.25. The normalized spacial score (nSPS) is 16.9. The lowest BCUT2D eigenvalue weighted by Crippen LogP contribution is -2.09. The summed E-state index contributed by atoms with van der Waals surface area (Å²) < 4.78 is 19.3. The Bertz CT molecular complexity index is 398. The summed E-state index contributed by atoms with van der Waals surface area (Å²) in [6.07, 6.45) is 2.98. The van der Waals surface area contributed by atoms with Gasteiger partial charge in [-0.05, 0) is 0 Å². The third-order valence-corrected chi connectivity index (χ3v) is 4.81. The van der Waals surface area contributed by atoms with Crippen molar-refractivity contribution in [3.63, 3.8) is 0 Å². The van der Waals surface area contributed by atoms with Gasteiger partial charge in [0, 0.05) is 11.7 Å². The Balaban J connectivity index is 3.16.